The number of rotatable bonds is 11. The summed E-state index contributed by atoms with van der Waals surface area (Å²) >= 11 is 0. The largest absolute Gasteiger partial charge is 0.454 e. The van der Waals surface area contributed by atoms with E-state index < -0.39 is 24.1 Å². The first-order valence-electron chi connectivity index (χ1n) is 8.57. The van der Waals surface area contributed by atoms with E-state index in [1.165, 1.54) is 13.8 Å². The third kappa shape index (κ3) is 9.79. The topological polar surface area (TPSA) is 86.7 Å². The van der Waals surface area contributed by atoms with E-state index in [-0.39, 0.29) is 35.4 Å². The molecule has 0 radical (unpaired) electrons. The zero-order valence-electron chi connectivity index (χ0n) is 16.1. The molecule has 0 saturated carbocycles. The zero-order valence-corrected chi connectivity index (χ0v) is 16.1. The average molecular weight is 354 g/mol. The maximum absolute atomic E-state index is 11.9. The van der Waals surface area contributed by atoms with Crippen LogP contribution in [0, 0.1) is 11.8 Å². The first kappa shape index (κ1) is 23.0. The van der Waals surface area contributed by atoms with E-state index in [1.54, 1.807) is 0 Å². The molecule has 0 bridgehead atoms. The number of Topliss-reactive ketones (excluding diaryl/α,β-unsaturated/α-hetero) is 2. The van der Waals surface area contributed by atoms with Gasteiger partial charge in [-0.25, -0.2) is 4.79 Å². The van der Waals surface area contributed by atoms with Crippen LogP contribution in [-0.2, 0) is 28.7 Å². The Morgan fingerprint density at radius 3 is 1.56 bits per heavy atom. The highest BCUT2D eigenvalue weighted by Crippen LogP contribution is 2.11. The number of carbonyl (C=O) groups excluding carboxylic acids is 4. The van der Waals surface area contributed by atoms with E-state index in [9.17, 15) is 19.2 Å². The molecule has 0 aliphatic carbocycles. The molecule has 0 amide bonds. The summed E-state index contributed by atoms with van der Waals surface area (Å²) in [7, 11) is 0. The van der Waals surface area contributed by atoms with Gasteiger partial charge in [-0.2, -0.15) is 0 Å². The first-order chi connectivity index (χ1) is 11.4. The Morgan fingerprint density at radius 2 is 1.16 bits per heavy atom. The van der Waals surface area contributed by atoms with Crippen molar-refractivity contribution in [1.82, 2.24) is 0 Å². The summed E-state index contributed by atoms with van der Waals surface area (Å²) in [6, 6.07) is 0. The van der Waals surface area contributed by atoms with Crippen LogP contribution in [0.5, 0.6) is 0 Å². The molecular formula is C19H30O6. The minimum atomic E-state index is -0.894. The van der Waals surface area contributed by atoms with Gasteiger partial charge in [-0.1, -0.05) is 34.3 Å². The Kier molecular flexibility index (Phi) is 9.94. The van der Waals surface area contributed by atoms with Crippen molar-refractivity contribution < 1.29 is 28.7 Å². The Balaban J connectivity index is 4.43. The highest BCUT2D eigenvalue weighted by atomic mass is 16.6. The third-order valence-electron chi connectivity index (χ3n) is 3.36. The van der Waals surface area contributed by atoms with E-state index in [2.05, 4.69) is 6.58 Å². The third-order valence-corrected chi connectivity index (χ3v) is 3.36. The predicted molar refractivity (Wildman–Crippen MR) is 93.8 cm³/mol. The van der Waals surface area contributed by atoms with Crippen molar-refractivity contribution in [2.24, 2.45) is 11.8 Å². The highest BCUT2D eigenvalue weighted by molar-refractivity contribution is 5.95. The highest BCUT2D eigenvalue weighted by Gasteiger charge is 2.23. The Labute approximate surface area is 149 Å². The van der Waals surface area contributed by atoms with Crippen LogP contribution in [0.1, 0.15) is 60.8 Å². The van der Waals surface area contributed by atoms with Gasteiger partial charge >= 0.3 is 11.9 Å². The molecule has 0 rings (SSSR count). The van der Waals surface area contributed by atoms with Crippen LogP contribution in [0.2, 0.25) is 0 Å². The number of ketones is 2. The molecule has 0 spiro atoms. The van der Waals surface area contributed by atoms with Gasteiger partial charge in [0.1, 0.15) is 0 Å². The summed E-state index contributed by atoms with van der Waals surface area (Å²) in [5, 5.41) is 0. The monoisotopic (exact) mass is 354 g/mol. The second-order valence-corrected chi connectivity index (χ2v) is 7.09. The zero-order chi connectivity index (χ0) is 19.7. The molecule has 6 heteroatoms. The van der Waals surface area contributed by atoms with E-state index in [0.717, 1.165) is 0 Å². The smallest absolute Gasteiger partial charge is 0.334 e. The van der Waals surface area contributed by atoms with Crippen LogP contribution >= 0.6 is 0 Å². The standard InChI is InChI=1S/C19H30O6/c1-11(2)8-16(20)14(6)24-18(22)10-13(5)19(23)25-15(7)17(21)9-12(3)4/h11-12,14-15H,5,8-10H2,1-4,6-7H3. The van der Waals surface area contributed by atoms with Gasteiger partial charge in [0.25, 0.3) is 0 Å². The van der Waals surface area contributed by atoms with Crippen molar-refractivity contribution in [3.05, 3.63) is 12.2 Å². The van der Waals surface area contributed by atoms with Crippen molar-refractivity contribution in [1.29, 1.82) is 0 Å². The van der Waals surface area contributed by atoms with Crippen molar-refractivity contribution in [3.8, 4) is 0 Å². The van der Waals surface area contributed by atoms with Crippen LogP contribution in [0.25, 0.3) is 0 Å². The van der Waals surface area contributed by atoms with Crippen molar-refractivity contribution in [2.45, 2.75) is 73.0 Å². The fraction of sp³-hybridized carbons (Fsp3) is 0.684. The number of carbonyl (C=O) groups is 4. The number of esters is 2. The lowest BCUT2D eigenvalue weighted by atomic mass is 10.0. The number of ether oxygens (including phenoxy) is 2. The maximum Gasteiger partial charge on any atom is 0.334 e. The summed E-state index contributed by atoms with van der Waals surface area (Å²) < 4.78 is 10.0. The lowest BCUT2D eigenvalue weighted by Crippen LogP contribution is -2.28. The van der Waals surface area contributed by atoms with Gasteiger partial charge in [0.15, 0.2) is 23.8 Å². The molecule has 0 N–H and O–H groups in total. The number of hydrogen-bond acceptors (Lipinski definition) is 6. The van der Waals surface area contributed by atoms with Crippen LogP contribution in [-0.4, -0.2) is 35.7 Å². The normalized spacial score (nSPS) is 13.3. The summed E-state index contributed by atoms with van der Waals surface area (Å²) in [5.74, 6) is -1.58. The van der Waals surface area contributed by atoms with Crippen LogP contribution < -0.4 is 0 Å². The first-order valence-corrected chi connectivity index (χ1v) is 8.57. The van der Waals surface area contributed by atoms with Crippen LogP contribution in [0.15, 0.2) is 12.2 Å². The second-order valence-electron chi connectivity index (χ2n) is 7.09. The predicted octanol–water partition coefficient (Wildman–Crippen LogP) is 3.03. The molecule has 25 heavy (non-hydrogen) atoms. The molecule has 0 aliphatic heterocycles. The number of hydrogen-bond donors (Lipinski definition) is 0. The molecule has 2 unspecified atom stereocenters. The van der Waals surface area contributed by atoms with Crippen LogP contribution in [0.3, 0.4) is 0 Å². The van der Waals surface area contributed by atoms with Crippen molar-refractivity contribution >= 4 is 23.5 Å². The molecule has 0 heterocycles. The summed E-state index contributed by atoms with van der Waals surface area (Å²) in [5.41, 5.74) is -0.113. The summed E-state index contributed by atoms with van der Waals surface area (Å²) in [6.07, 6.45) is -1.53. The lowest BCUT2D eigenvalue weighted by molar-refractivity contribution is -0.156. The molecule has 142 valence electrons. The van der Waals surface area contributed by atoms with Gasteiger partial charge < -0.3 is 9.47 Å². The van der Waals surface area contributed by atoms with Gasteiger partial charge in [0.05, 0.1) is 6.42 Å². The summed E-state index contributed by atoms with van der Waals surface area (Å²) in [4.78, 5) is 47.3. The summed E-state index contributed by atoms with van der Waals surface area (Å²) in [6.45, 7) is 14.1. The van der Waals surface area contributed by atoms with Crippen molar-refractivity contribution in [3.63, 3.8) is 0 Å². The fourth-order valence-corrected chi connectivity index (χ4v) is 2.00. The quantitative estimate of drug-likeness (QED) is 0.419. The molecule has 0 fully saturated rings. The van der Waals surface area contributed by atoms with Gasteiger partial charge in [0.2, 0.25) is 0 Å². The van der Waals surface area contributed by atoms with Gasteiger partial charge in [-0.15, -0.1) is 0 Å². The fourth-order valence-electron chi connectivity index (χ4n) is 2.00. The molecule has 0 aliphatic rings. The molecule has 2 atom stereocenters. The molecular weight excluding hydrogens is 324 g/mol. The molecule has 0 aromatic rings. The Hall–Kier alpha value is -1.98. The minimum Gasteiger partial charge on any atom is -0.454 e. The SMILES string of the molecule is C=C(CC(=O)OC(C)C(=O)CC(C)C)C(=O)OC(C)C(=O)CC(C)C. The van der Waals surface area contributed by atoms with Crippen molar-refractivity contribution in [2.75, 3.05) is 0 Å². The van der Waals surface area contributed by atoms with Gasteiger partial charge in [0, 0.05) is 18.4 Å². The second kappa shape index (κ2) is 10.8. The molecule has 6 nitrogen and oxygen atoms in total. The van der Waals surface area contributed by atoms with Gasteiger partial charge in [-0.3, -0.25) is 14.4 Å². The Bertz CT molecular complexity index is 518. The van der Waals surface area contributed by atoms with Crippen LogP contribution in [0.4, 0.5) is 0 Å². The Morgan fingerprint density at radius 1 is 0.760 bits per heavy atom. The van der Waals surface area contributed by atoms with E-state index in [0.29, 0.717) is 12.8 Å². The molecule has 0 aromatic carbocycles. The lowest BCUT2D eigenvalue weighted by Gasteiger charge is -2.15. The minimum absolute atomic E-state index is 0.113. The molecule has 0 aromatic heterocycles. The van der Waals surface area contributed by atoms with E-state index in [4.69, 9.17) is 9.47 Å². The van der Waals surface area contributed by atoms with E-state index >= 15 is 0 Å². The maximum atomic E-state index is 11.9. The average Bonchev–Trinajstić information content (AvgIpc) is 2.45. The van der Waals surface area contributed by atoms with Gasteiger partial charge in [-0.05, 0) is 25.7 Å². The van der Waals surface area contributed by atoms with E-state index in [1.807, 2.05) is 27.7 Å². The molecule has 0 saturated heterocycles.